The smallest absolute Gasteiger partial charge is 0.269 e. The third-order valence-electron chi connectivity index (χ3n) is 3.64. The van der Waals surface area contributed by atoms with E-state index < -0.39 is 4.92 Å². The van der Waals surface area contributed by atoms with Gasteiger partial charge in [-0.3, -0.25) is 14.9 Å². The molecule has 0 radical (unpaired) electrons. The highest BCUT2D eigenvalue weighted by molar-refractivity contribution is 7.12. The van der Waals surface area contributed by atoms with Crippen LogP contribution in [0.15, 0.2) is 60.0 Å². The van der Waals surface area contributed by atoms with Crippen molar-refractivity contribution in [2.75, 3.05) is 5.32 Å². The molecule has 26 heavy (non-hydrogen) atoms. The maximum absolute atomic E-state index is 12.3. The van der Waals surface area contributed by atoms with E-state index in [0.717, 1.165) is 16.8 Å². The highest BCUT2D eigenvalue weighted by Gasteiger charge is 2.10. The second-order valence-electron chi connectivity index (χ2n) is 5.68. The summed E-state index contributed by atoms with van der Waals surface area (Å²) in [5.41, 5.74) is 2.76. The normalized spacial score (nSPS) is 10.3. The van der Waals surface area contributed by atoms with Gasteiger partial charge in [-0.15, -0.1) is 11.3 Å². The molecule has 0 fully saturated rings. The van der Waals surface area contributed by atoms with Crippen molar-refractivity contribution in [1.29, 1.82) is 0 Å². The van der Waals surface area contributed by atoms with Crippen molar-refractivity contribution in [2.45, 2.75) is 13.5 Å². The summed E-state index contributed by atoms with van der Waals surface area (Å²) in [4.78, 5) is 23.1. The van der Waals surface area contributed by atoms with Crippen molar-refractivity contribution in [1.82, 2.24) is 0 Å². The summed E-state index contributed by atoms with van der Waals surface area (Å²) < 4.78 is 5.60. The van der Waals surface area contributed by atoms with Crippen LogP contribution in [-0.4, -0.2) is 10.8 Å². The van der Waals surface area contributed by atoms with Gasteiger partial charge >= 0.3 is 0 Å². The summed E-state index contributed by atoms with van der Waals surface area (Å²) in [7, 11) is 0. The Morgan fingerprint density at radius 2 is 1.85 bits per heavy atom. The quantitative estimate of drug-likeness (QED) is 0.501. The number of nitrogens with one attached hydrogen (secondary N) is 1. The Kier molecular flexibility index (Phi) is 5.28. The van der Waals surface area contributed by atoms with Gasteiger partial charge in [0.1, 0.15) is 12.4 Å². The number of benzene rings is 2. The molecule has 0 saturated heterocycles. The van der Waals surface area contributed by atoms with Crippen molar-refractivity contribution in [2.24, 2.45) is 0 Å². The number of carbonyl (C=O) groups excluding carboxylic acids is 1. The van der Waals surface area contributed by atoms with Crippen molar-refractivity contribution < 1.29 is 14.5 Å². The first-order valence-electron chi connectivity index (χ1n) is 7.84. The molecule has 6 nitrogen and oxygen atoms in total. The van der Waals surface area contributed by atoms with Crippen LogP contribution in [0, 0.1) is 17.0 Å². The lowest BCUT2D eigenvalue weighted by molar-refractivity contribution is -0.384. The number of non-ortho nitro benzene ring substituents is 1. The Balaban J connectivity index is 1.57. The van der Waals surface area contributed by atoms with Crippen LogP contribution in [0.1, 0.15) is 20.8 Å². The molecule has 1 aromatic heterocycles. The van der Waals surface area contributed by atoms with E-state index in [9.17, 15) is 14.9 Å². The SMILES string of the molecule is Cc1ccc(NC(=O)c2cc(COc3ccc([N+](=O)[O-])cc3)cs2)cc1. The van der Waals surface area contributed by atoms with Gasteiger partial charge in [0.15, 0.2) is 0 Å². The van der Waals surface area contributed by atoms with Gasteiger partial charge < -0.3 is 10.1 Å². The molecule has 3 aromatic rings. The Bertz CT molecular complexity index is 917. The molecule has 0 spiro atoms. The number of thiophene rings is 1. The lowest BCUT2D eigenvalue weighted by atomic mass is 10.2. The van der Waals surface area contributed by atoms with Gasteiger partial charge in [0.2, 0.25) is 0 Å². The average Bonchev–Trinajstić information content (AvgIpc) is 3.11. The number of nitrogens with zero attached hydrogens (tertiary/aromatic N) is 1. The van der Waals surface area contributed by atoms with Crippen LogP contribution in [0.4, 0.5) is 11.4 Å². The van der Waals surface area contributed by atoms with Gasteiger partial charge in [-0.25, -0.2) is 0 Å². The molecule has 3 rings (SSSR count). The van der Waals surface area contributed by atoms with Crippen molar-refractivity contribution in [3.8, 4) is 5.75 Å². The highest BCUT2D eigenvalue weighted by Crippen LogP contribution is 2.21. The van der Waals surface area contributed by atoms with E-state index >= 15 is 0 Å². The van der Waals surface area contributed by atoms with Gasteiger partial charge in [-0.1, -0.05) is 17.7 Å². The monoisotopic (exact) mass is 368 g/mol. The second-order valence-corrected chi connectivity index (χ2v) is 6.59. The van der Waals surface area contributed by atoms with E-state index in [-0.39, 0.29) is 18.2 Å². The zero-order valence-electron chi connectivity index (χ0n) is 14.0. The average molecular weight is 368 g/mol. The fraction of sp³-hybridized carbons (Fsp3) is 0.105. The van der Waals surface area contributed by atoms with Crippen molar-refractivity contribution >= 4 is 28.6 Å². The molecule has 1 N–H and O–H groups in total. The van der Waals surface area contributed by atoms with Crippen LogP contribution >= 0.6 is 11.3 Å². The highest BCUT2D eigenvalue weighted by atomic mass is 32.1. The van der Waals surface area contributed by atoms with Crippen LogP contribution in [0.3, 0.4) is 0 Å². The molecular formula is C19H16N2O4S. The molecule has 0 unspecified atom stereocenters. The van der Waals surface area contributed by atoms with Gasteiger partial charge in [0, 0.05) is 23.4 Å². The van der Waals surface area contributed by atoms with Crippen LogP contribution < -0.4 is 10.1 Å². The number of aryl methyl sites for hydroxylation is 1. The number of anilines is 1. The first-order chi connectivity index (χ1) is 12.5. The molecule has 0 bridgehead atoms. The minimum absolute atomic E-state index is 0.0166. The van der Waals surface area contributed by atoms with Crippen LogP contribution in [0.5, 0.6) is 5.75 Å². The summed E-state index contributed by atoms with van der Waals surface area (Å²) in [5.74, 6) is 0.368. The van der Waals surface area contributed by atoms with E-state index in [0.29, 0.717) is 10.6 Å². The summed E-state index contributed by atoms with van der Waals surface area (Å²) in [5, 5.41) is 15.3. The molecule has 7 heteroatoms. The third kappa shape index (κ3) is 4.46. The molecule has 0 aliphatic carbocycles. The summed E-state index contributed by atoms with van der Waals surface area (Å²) in [6.07, 6.45) is 0. The number of amides is 1. The summed E-state index contributed by atoms with van der Waals surface area (Å²) in [6, 6.07) is 15.3. The van der Waals surface area contributed by atoms with E-state index in [1.54, 1.807) is 18.2 Å². The molecular weight excluding hydrogens is 352 g/mol. The Morgan fingerprint density at radius 3 is 2.50 bits per heavy atom. The largest absolute Gasteiger partial charge is 0.489 e. The van der Waals surface area contributed by atoms with Crippen LogP contribution in [0.2, 0.25) is 0 Å². The van der Waals surface area contributed by atoms with Gasteiger partial charge in [0.05, 0.1) is 9.80 Å². The first-order valence-corrected chi connectivity index (χ1v) is 8.72. The number of hydrogen-bond acceptors (Lipinski definition) is 5. The lowest BCUT2D eigenvalue weighted by Gasteiger charge is -2.04. The fourth-order valence-corrected chi connectivity index (χ4v) is 3.02. The molecule has 2 aromatic carbocycles. The Hall–Kier alpha value is -3.19. The molecule has 1 heterocycles. The van der Waals surface area contributed by atoms with Crippen molar-refractivity contribution in [3.05, 3.63) is 86.1 Å². The predicted molar refractivity (Wildman–Crippen MR) is 101 cm³/mol. The van der Waals surface area contributed by atoms with E-state index in [1.807, 2.05) is 36.6 Å². The number of ether oxygens (including phenoxy) is 1. The van der Waals surface area contributed by atoms with Gasteiger partial charge in [-0.2, -0.15) is 0 Å². The summed E-state index contributed by atoms with van der Waals surface area (Å²) >= 11 is 1.34. The Labute approximate surface area is 154 Å². The maximum atomic E-state index is 12.3. The first kappa shape index (κ1) is 17.6. The molecule has 1 amide bonds. The van der Waals surface area contributed by atoms with Gasteiger partial charge in [0.25, 0.3) is 11.6 Å². The molecule has 0 aliphatic rings. The molecule has 0 aliphatic heterocycles. The lowest BCUT2D eigenvalue weighted by Crippen LogP contribution is -2.10. The fourth-order valence-electron chi connectivity index (χ4n) is 2.23. The standard InChI is InChI=1S/C19H16N2O4S/c1-13-2-4-15(5-3-13)20-19(22)18-10-14(12-26-18)11-25-17-8-6-16(7-9-17)21(23)24/h2-10,12H,11H2,1H3,(H,20,22). The minimum Gasteiger partial charge on any atom is -0.489 e. The number of hydrogen-bond donors (Lipinski definition) is 1. The minimum atomic E-state index is -0.457. The zero-order valence-corrected chi connectivity index (χ0v) is 14.8. The third-order valence-corrected chi connectivity index (χ3v) is 4.62. The maximum Gasteiger partial charge on any atom is 0.269 e. The van der Waals surface area contributed by atoms with Crippen LogP contribution in [0.25, 0.3) is 0 Å². The Morgan fingerprint density at radius 1 is 1.15 bits per heavy atom. The van der Waals surface area contributed by atoms with Gasteiger partial charge in [-0.05, 0) is 42.6 Å². The number of rotatable bonds is 6. The van der Waals surface area contributed by atoms with E-state index in [1.165, 1.54) is 23.5 Å². The number of nitro groups is 1. The van der Waals surface area contributed by atoms with E-state index in [2.05, 4.69) is 5.32 Å². The number of carbonyl (C=O) groups is 1. The van der Waals surface area contributed by atoms with E-state index in [4.69, 9.17) is 4.74 Å². The number of nitro benzene ring substituents is 1. The predicted octanol–water partition coefficient (Wildman–Crippen LogP) is 4.80. The summed E-state index contributed by atoms with van der Waals surface area (Å²) in [6.45, 7) is 2.27. The zero-order chi connectivity index (χ0) is 18.5. The molecule has 132 valence electrons. The molecule has 0 saturated carbocycles. The second kappa shape index (κ2) is 7.79. The molecule has 0 atom stereocenters. The topological polar surface area (TPSA) is 81.5 Å². The van der Waals surface area contributed by atoms with Crippen LogP contribution in [-0.2, 0) is 6.61 Å². The van der Waals surface area contributed by atoms with Crippen molar-refractivity contribution in [3.63, 3.8) is 0 Å².